The van der Waals surface area contributed by atoms with E-state index < -0.39 is 5.91 Å². The number of hydrogen-bond acceptors (Lipinski definition) is 8. The Bertz CT molecular complexity index is 982. The first-order chi connectivity index (χ1) is 13.0. The van der Waals surface area contributed by atoms with Gasteiger partial charge in [0.15, 0.2) is 11.3 Å². The number of carbonyl (C=O) groups excluding carboxylic acids is 1. The largest absolute Gasteiger partial charge is 0.338 e. The maximum absolute atomic E-state index is 12.5. The van der Waals surface area contributed by atoms with E-state index in [1.807, 2.05) is 31.5 Å². The maximum atomic E-state index is 12.5. The van der Waals surface area contributed by atoms with E-state index in [0.717, 1.165) is 36.5 Å². The summed E-state index contributed by atoms with van der Waals surface area (Å²) >= 11 is 0. The van der Waals surface area contributed by atoms with Gasteiger partial charge >= 0.3 is 0 Å². The van der Waals surface area contributed by atoms with Crippen molar-refractivity contribution in [1.82, 2.24) is 34.9 Å². The third-order valence-electron chi connectivity index (χ3n) is 4.63. The van der Waals surface area contributed by atoms with E-state index in [4.69, 9.17) is 0 Å². The van der Waals surface area contributed by atoms with Crippen molar-refractivity contribution in [2.45, 2.75) is 26.3 Å². The molecule has 1 aliphatic heterocycles. The second-order valence-corrected chi connectivity index (χ2v) is 6.64. The summed E-state index contributed by atoms with van der Waals surface area (Å²) < 4.78 is 1.84. The summed E-state index contributed by atoms with van der Waals surface area (Å²) in [7, 11) is 1.94. The number of anilines is 2. The predicted octanol–water partition coefficient (Wildman–Crippen LogP) is 0.582. The van der Waals surface area contributed by atoms with Gasteiger partial charge in [-0.2, -0.15) is 0 Å². The van der Waals surface area contributed by atoms with Gasteiger partial charge in [0.05, 0.1) is 23.8 Å². The molecule has 0 aliphatic carbocycles. The summed E-state index contributed by atoms with van der Waals surface area (Å²) in [5, 5.41) is 14.1. The minimum atomic E-state index is -0.404. The quantitative estimate of drug-likeness (QED) is 0.688. The van der Waals surface area contributed by atoms with Crippen LogP contribution in [0.3, 0.4) is 0 Å². The molecule has 1 saturated heterocycles. The average molecular weight is 367 g/mol. The molecule has 140 valence electrons. The Morgan fingerprint density at radius 3 is 2.78 bits per heavy atom. The zero-order valence-electron chi connectivity index (χ0n) is 15.5. The van der Waals surface area contributed by atoms with Crippen molar-refractivity contribution in [3.63, 3.8) is 0 Å². The fraction of sp³-hybridized carbons (Fsp3) is 0.412. The number of nitrogens with one attached hydrogen (secondary N) is 2. The molecule has 2 N–H and O–H groups in total. The van der Waals surface area contributed by atoms with Gasteiger partial charge in [0.1, 0.15) is 5.82 Å². The molecule has 0 bridgehead atoms. The molecule has 0 radical (unpaired) electrons. The third-order valence-corrected chi connectivity index (χ3v) is 4.63. The number of fused-ring (bicyclic) bond motifs is 1. The average Bonchev–Trinajstić information content (AvgIpc) is 3.28. The monoisotopic (exact) mass is 367 g/mol. The van der Waals surface area contributed by atoms with Crippen molar-refractivity contribution < 1.29 is 4.79 Å². The molecule has 0 unspecified atom stereocenters. The van der Waals surface area contributed by atoms with Gasteiger partial charge in [0.2, 0.25) is 5.95 Å². The molecule has 1 amide bonds. The molecule has 1 fully saturated rings. The molecule has 1 aliphatic rings. The maximum Gasteiger partial charge on any atom is 0.278 e. The Hall–Kier alpha value is -3.14. The Kier molecular flexibility index (Phi) is 4.40. The van der Waals surface area contributed by atoms with Crippen LogP contribution in [0.15, 0.2) is 18.6 Å². The summed E-state index contributed by atoms with van der Waals surface area (Å²) in [6.07, 6.45) is 6.07. The van der Waals surface area contributed by atoms with E-state index >= 15 is 0 Å². The van der Waals surface area contributed by atoms with Crippen LogP contribution >= 0.6 is 0 Å². The summed E-state index contributed by atoms with van der Waals surface area (Å²) in [6, 6.07) is 0.424. The molecule has 3 aromatic rings. The number of nitrogens with zero attached hydrogens (tertiary/aromatic N) is 7. The van der Waals surface area contributed by atoms with E-state index in [2.05, 4.69) is 40.7 Å². The Morgan fingerprint density at radius 1 is 1.22 bits per heavy atom. The van der Waals surface area contributed by atoms with Crippen molar-refractivity contribution in [3.8, 4) is 0 Å². The summed E-state index contributed by atoms with van der Waals surface area (Å²) in [4.78, 5) is 27.6. The van der Waals surface area contributed by atoms with Crippen LogP contribution < -0.4 is 15.5 Å². The van der Waals surface area contributed by atoms with Gasteiger partial charge in [0.25, 0.3) is 5.91 Å². The number of carbonyl (C=O) groups is 1. The van der Waals surface area contributed by atoms with Gasteiger partial charge in [-0.05, 0) is 27.3 Å². The number of aryl methyl sites for hydroxylation is 2. The van der Waals surface area contributed by atoms with Gasteiger partial charge in [0, 0.05) is 25.3 Å². The molecule has 0 aromatic carbocycles. The fourth-order valence-corrected chi connectivity index (χ4v) is 3.21. The molecule has 0 saturated carbocycles. The van der Waals surface area contributed by atoms with Gasteiger partial charge in [-0.15, -0.1) is 10.2 Å². The highest BCUT2D eigenvalue weighted by atomic mass is 16.2. The highest BCUT2D eigenvalue weighted by molar-refractivity contribution is 6.02. The SMILES string of the molecule is CN[C@@H]1CCN(c2ncc(C(=O)Nc3cn4cc(C)nc4c(C)n3)nn2)C1. The van der Waals surface area contributed by atoms with Crippen molar-refractivity contribution in [2.24, 2.45) is 0 Å². The van der Waals surface area contributed by atoms with E-state index in [-0.39, 0.29) is 5.69 Å². The molecule has 3 aromatic heterocycles. The number of amides is 1. The Morgan fingerprint density at radius 2 is 2.07 bits per heavy atom. The highest BCUT2D eigenvalue weighted by Crippen LogP contribution is 2.16. The Balaban J connectivity index is 1.48. The van der Waals surface area contributed by atoms with E-state index in [1.165, 1.54) is 6.20 Å². The number of likely N-dealkylation sites (N-methyl/N-ethyl adjacent to an activating group) is 1. The van der Waals surface area contributed by atoms with E-state index in [1.54, 1.807) is 6.20 Å². The van der Waals surface area contributed by atoms with E-state index in [9.17, 15) is 4.79 Å². The van der Waals surface area contributed by atoms with Gasteiger partial charge < -0.3 is 19.9 Å². The Labute approximate surface area is 156 Å². The van der Waals surface area contributed by atoms with Crippen molar-refractivity contribution >= 4 is 23.3 Å². The molecule has 27 heavy (non-hydrogen) atoms. The van der Waals surface area contributed by atoms with E-state index in [0.29, 0.717) is 17.8 Å². The van der Waals surface area contributed by atoms with Crippen LogP contribution in [0.2, 0.25) is 0 Å². The van der Waals surface area contributed by atoms with Crippen LogP contribution in [0.5, 0.6) is 0 Å². The standard InChI is InChI=1S/C17H21N9O/c1-10-7-26-9-14(21-11(2)15(26)20-10)22-16(27)13-6-19-17(24-23-13)25-5-4-12(8-25)18-3/h6-7,9,12,18H,4-5,8H2,1-3H3,(H,22,27)/t12-/m1/s1. The van der Waals surface area contributed by atoms with Crippen LogP contribution in [-0.2, 0) is 0 Å². The smallest absolute Gasteiger partial charge is 0.278 e. The van der Waals surface area contributed by atoms with Crippen LogP contribution in [-0.4, -0.2) is 61.6 Å². The lowest BCUT2D eigenvalue weighted by atomic mass is 10.3. The lowest BCUT2D eigenvalue weighted by Crippen LogP contribution is -2.30. The minimum absolute atomic E-state index is 0.143. The molecule has 1 atom stereocenters. The highest BCUT2D eigenvalue weighted by Gasteiger charge is 2.23. The number of aromatic nitrogens is 6. The number of imidazole rings is 1. The second-order valence-electron chi connectivity index (χ2n) is 6.64. The lowest BCUT2D eigenvalue weighted by Gasteiger charge is -2.15. The van der Waals surface area contributed by atoms with Crippen molar-refractivity contribution in [2.75, 3.05) is 30.4 Å². The van der Waals surface area contributed by atoms with Gasteiger partial charge in [-0.3, -0.25) is 4.79 Å². The van der Waals surface area contributed by atoms with Crippen molar-refractivity contribution in [3.05, 3.63) is 35.7 Å². The van der Waals surface area contributed by atoms with Crippen LogP contribution in [0.1, 0.15) is 28.3 Å². The summed E-state index contributed by atoms with van der Waals surface area (Å²) in [5.41, 5.74) is 2.52. The van der Waals surface area contributed by atoms with Crippen LogP contribution in [0.25, 0.3) is 5.65 Å². The minimum Gasteiger partial charge on any atom is -0.338 e. The summed E-state index contributed by atoms with van der Waals surface area (Å²) in [6.45, 7) is 5.46. The summed E-state index contributed by atoms with van der Waals surface area (Å²) in [5.74, 6) is 0.553. The van der Waals surface area contributed by atoms with Crippen molar-refractivity contribution in [1.29, 1.82) is 0 Å². The van der Waals surface area contributed by atoms with Gasteiger partial charge in [-0.1, -0.05) is 0 Å². The molecule has 0 spiro atoms. The first-order valence-corrected chi connectivity index (χ1v) is 8.79. The molecular weight excluding hydrogens is 346 g/mol. The van der Waals surface area contributed by atoms with Crippen LogP contribution in [0.4, 0.5) is 11.8 Å². The predicted molar refractivity (Wildman–Crippen MR) is 99.9 cm³/mol. The van der Waals surface area contributed by atoms with Crippen LogP contribution in [0, 0.1) is 13.8 Å². The van der Waals surface area contributed by atoms with Gasteiger partial charge in [-0.25, -0.2) is 15.0 Å². The lowest BCUT2D eigenvalue weighted by molar-refractivity contribution is 0.102. The normalized spacial score (nSPS) is 16.9. The number of rotatable bonds is 4. The topological polar surface area (TPSA) is 113 Å². The molecular formula is C17H21N9O. The second kappa shape index (κ2) is 6.88. The molecule has 10 heteroatoms. The number of hydrogen-bond donors (Lipinski definition) is 2. The third kappa shape index (κ3) is 3.43. The molecule has 4 rings (SSSR count). The zero-order valence-corrected chi connectivity index (χ0v) is 15.5. The first kappa shape index (κ1) is 17.3. The first-order valence-electron chi connectivity index (χ1n) is 8.79. The molecule has 4 heterocycles. The fourth-order valence-electron chi connectivity index (χ4n) is 3.21. The zero-order chi connectivity index (χ0) is 19.0. The molecule has 10 nitrogen and oxygen atoms in total.